The van der Waals surface area contributed by atoms with E-state index in [9.17, 15) is 9.90 Å². The van der Waals surface area contributed by atoms with Crippen LogP contribution in [0.3, 0.4) is 0 Å². The highest BCUT2D eigenvalue weighted by Crippen LogP contribution is 2.24. The van der Waals surface area contributed by atoms with Gasteiger partial charge in [-0.15, -0.1) is 0 Å². The highest BCUT2D eigenvalue weighted by Gasteiger charge is 2.17. The van der Waals surface area contributed by atoms with E-state index in [1.165, 1.54) is 23.9 Å². The summed E-state index contributed by atoms with van der Waals surface area (Å²) >= 11 is 3.25. The SMILES string of the molecule is COC(=O)c1nn2cc(O)ccc2c1Br. The molecule has 2 aromatic rings. The zero-order valence-electron chi connectivity index (χ0n) is 7.77. The van der Waals surface area contributed by atoms with E-state index in [2.05, 4.69) is 25.8 Å². The molecule has 0 atom stereocenters. The molecular weight excluding hydrogens is 264 g/mol. The number of aromatic nitrogens is 2. The van der Waals surface area contributed by atoms with Gasteiger partial charge in [0.05, 0.1) is 23.3 Å². The summed E-state index contributed by atoms with van der Waals surface area (Å²) in [6.45, 7) is 0. The van der Waals surface area contributed by atoms with Crippen molar-refractivity contribution in [3.63, 3.8) is 0 Å². The van der Waals surface area contributed by atoms with Crippen molar-refractivity contribution in [1.82, 2.24) is 9.61 Å². The lowest BCUT2D eigenvalue weighted by Crippen LogP contribution is -2.02. The average Bonchev–Trinajstić information content (AvgIpc) is 2.54. The van der Waals surface area contributed by atoms with Gasteiger partial charge in [-0.05, 0) is 28.1 Å². The number of esters is 1. The zero-order valence-corrected chi connectivity index (χ0v) is 9.35. The molecule has 0 unspecified atom stereocenters. The highest BCUT2D eigenvalue weighted by atomic mass is 79.9. The van der Waals surface area contributed by atoms with Crippen molar-refractivity contribution in [2.45, 2.75) is 0 Å². The van der Waals surface area contributed by atoms with Gasteiger partial charge >= 0.3 is 5.97 Å². The normalized spacial score (nSPS) is 10.5. The number of halogens is 1. The van der Waals surface area contributed by atoms with E-state index in [0.717, 1.165) is 0 Å². The predicted octanol–water partition coefficient (Wildman–Crippen LogP) is 1.59. The molecule has 15 heavy (non-hydrogen) atoms. The molecule has 0 aliphatic rings. The van der Waals surface area contributed by atoms with E-state index in [1.807, 2.05) is 0 Å². The van der Waals surface area contributed by atoms with Gasteiger partial charge in [0.1, 0.15) is 5.75 Å². The Morgan fingerprint density at radius 1 is 1.60 bits per heavy atom. The number of pyridine rings is 1. The molecule has 0 amide bonds. The van der Waals surface area contributed by atoms with Crippen LogP contribution in [0.25, 0.3) is 5.52 Å². The van der Waals surface area contributed by atoms with Crippen molar-refractivity contribution in [1.29, 1.82) is 0 Å². The summed E-state index contributed by atoms with van der Waals surface area (Å²) in [7, 11) is 1.29. The van der Waals surface area contributed by atoms with E-state index in [0.29, 0.717) is 9.99 Å². The molecule has 1 N–H and O–H groups in total. The minimum Gasteiger partial charge on any atom is -0.506 e. The molecule has 0 saturated heterocycles. The van der Waals surface area contributed by atoms with Crippen molar-refractivity contribution in [3.05, 3.63) is 28.5 Å². The van der Waals surface area contributed by atoms with Crippen molar-refractivity contribution in [2.75, 3.05) is 7.11 Å². The summed E-state index contributed by atoms with van der Waals surface area (Å²) in [5.74, 6) is -0.445. The Morgan fingerprint density at radius 2 is 2.33 bits per heavy atom. The summed E-state index contributed by atoms with van der Waals surface area (Å²) in [6.07, 6.45) is 1.41. The van der Waals surface area contributed by atoms with Crippen LogP contribution in [-0.4, -0.2) is 27.8 Å². The number of carbonyl (C=O) groups excluding carboxylic acids is 1. The molecule has 0 fully saturated rings. The first-order valence-corrected chi connectivity index (χ1v) is 4.88. The molecule has 0 spiro atoms. The number of carbonyl (C=O) groups is 1. The Kier molecular flexibility index (Phi) is 2.36. The second kappa shape index (κ2) is 3.54. The first kappa shape index (κ1) is 9.97. The van der Waals surface area contributed by atoms with Gasteiger partial charge in [0.2, 0.25) is 0 Å². The van der Waals surface area contributed by atoms with Gasteiger partial charge in [-0.2, -0.15) is 5.10 Å². The molecule has 0 bridgehead atoms. The van der Waals surface area contributed by atoms with Gasteiger partial charge in [0, 0.05) is 0 Å². The predicted molar refractivity (Wildman–Crippen MR) is 55.9 cm³/mol. The monoisotopic (exact) mass is 270 g/mol. The summed E-state index contributed by atoms with van der Waals surface area (Å²) < 4.78 is 6.53. The summed E-state index contributed by atoms with van der Waals surface area (Å²) in [6, 6.07) is 3.17. The van der Waals surface area contributed by atoms with Gasteiger partial charge in [0.25, 0.3) is 0 Å². The second-order valence-corrected chi connectivity index (χ2v) is 3.66. The van der Waals surface area contributed by atoms with Gasteiger partial charge < -0.3 is 9.84 Å². The van der Waals surface area contributed by atoms with Crippen LogP contribution in [0.15, 0.2) is 22.8 Å². The van der Waals surface area contributed by atoms with Crippen LogP contribution in [0.5, 0.6) is 5.75 Å². The van der Waals surface area contributed by atoms with E-state index in [4.69, 9.17) is 0 Å². The molecule has 0 aromatic carbocycles. The highest BCUT2D eigenvalue weighted by molar-refractivity contribution is 9.10. The van der Waals surface area contributed by atoms with Crippen molar-refractivity contribution in [2.24, 2.45) is 0 Å². The second-order valence-electron chi connectivity index (χ2n) is 2.87. The molecule has 0 aliphatic carbocycles. The van der Waals surface area contributed by atoms with E-state index >= 15 is 0 Å². The number of hydrogen-bond donors (Lipinski definition) is 1. The van der Waals surface area contributed by atoms with Crippen molar-refractivity contribution < 1.29 is 14.6 Å². The first-order valence-electron chi connectivity index (χ1n) is 4.08. The van der Waals surface area contributed by atoms with Crippen LogP contribution in [0, 0.1) is 0 Å². The lowest BCUT2D eigenvalue weighted by molar-refractivity contribution is 0.0592. The molecule has 2 aromatic heterocycles. The minimum absolute atomic E-state index is 0.0777. The Morgan fingerprint density at radius 3 is 3.00 bits per heavy atom. The molecule has 2 heterocycles. The third-order valence-corrected chi connectivity index (χ3v) is 2.71. The third kappa shape index (κ3) is 1.56. The van der Waals surface area contributed by atoms with Gasteiger partial charge in [-0.25, -0.2) is 9.31 Å². The number of ether oxygens (including phenoxy) is 1. The standard InChI is InChI=1S/C9H7BrN2O3/c1-15-9(14)8-7(10)6-3-2-5(13)4-12(6)11-8/h2-4,13H,1H3. The maximum Gasteiger partial charge on any atom is 0.359 e. The molecule has 0 radical (unpaired) electrons. The van der Waals surface area contributed by atoms with Crippen LogP contribution < -0.4 is 0 Å². The molecule has 6 heteroatoms. The average molecular weight is 271 g/mol. The fourth-order valence-corrected chi connectivity index (χ4v) is 1.79. The molecule has 5 nitrogen and oxygen atoms in total. The maximum absolute atomic E-state index is 11.3. The van der Waals surface area contributed by atoms with Crippen LogP contribution in [0.2, 0.25) is 0 Å². The van der Waals surface area contributed by atoms with Crippen LogP contribution >= 0.6 is 15.9 Å². The van der Waals surface area contributed by atoms with Crippen LogP contribution in [-0.2, 0) is 4.74 Å². The Bertz CT molecular complexity index is 535. The van der Waals surface area contributed by atoms with E-state index < -0.39 is 5.97 Å². The largest absolute Gasteiger partial charge is 0.506 e. The Labute approximate surface area is 93.4 Å². The first-order chi connectivity index (χ1) is 7.13. The maximum atomic E-state index is 11.3. The topological polar surface area (TPSA) is 63.8 Å². The molecule has 0 saturated carbocycles. The number of aromatic hydroxyl groups is 1. The van der Waals surface area contributed by atoms with Gasteiger partial charge in [-0.1, -0.05) is 0 Å². The van der Waals surface area contributed by atoms with Gasteiger partial charge in [-0.3, -0.25) is 0 Å². The number of hydrogen-bond acceptors (Lipinski definition) is 4. The van der Waals surface area contributed by atoms with Gasteiger partial charge in [0.15, 0.2) is 5.69 Å². The molecule has 0 aliphatic heterocycles. The zero-order chi connectivity index (χ0) is 11.0. The van der Waals surface area contributed by atoms with Crippen LogP contribution in [0.4, 0.5) is 0 Å². The smallest absolute Gasteiger partial charge is 0.359 e. The molecule has 78 valence electrons. The fraction of sp³-hybridized carbons (Fsp3) is 0.111. The molecule has 2 rings (SSSR count). The van der Waals surface area contributed by atoms with E-state index in [-0.39, 0.29) is 11.4 Å². The summed E-state index contributed by atoms with van der Waals surface area (Å²) in [4.78, 5) is 11.3. The molecular formula is C9H7BrN2O3. The third-order valence-electron chi connectivity index (χ3n) is 1.93. The lowest BCUT2D eigenvalue weighted by Gasteiger charge is -1.93. The van der Waals surface area contributed by atoms with E-state index in [1.54, 1.807) is 6.07 Å². The number of nitrogens with zero attached hydrogens (tertiary/aromatic N) is 2. The number of methoxy groups -OCH3 is 1. The number of rotatable bonds is 1. The fourth-order valence-electron chi connectivity index (χ4n) is 1.24. The number of fused-ring (bicyclic) bond motifs is 1. The Hall–Kier alpha value is -1.56. The van der Waals surface area contributed by atoms with Crippen LogP contribution in [0.1, 0.15) is 10.5 Å². The minimum atomic E-state index is -0.523. The van der Waals surface area contributed by atoms with Crippen molar-refractivity contribution >= 4 is 27.4 Å². The summed E-state index contributed by atoms with van der Waals surface area (Å²) in [5.41, 5.74) is 0.872. The van der Waals surface area contributed by atoms with Crippen molar-refractivity contribution in [3.8, 4) is 5.75 Å². The Balaban J connectivity index is 2.69. The quantitative estimate of drug-likeness (QED) is 0.800. The summed E-state index contributed by atoms with van der Waals surface area (Å²) in [5, 5.41) is 13.2. The lowest BCUT2D eigenvalue weighted by atomic mass is 10.3.